The van der Waals surface area contributed by atoms with Crippen LogP contribution in [0.4, 0.5) is 0 Å². The summed E-state index contributed by atoms with van der Waals surface area (Å²) in [4.78, 5) is 0. The molecular formula is C14H21N. The Bertz CT molecular complexity index is 300. The van der Waals surface area contributed by atoms with Gasteiger partial charge in [-0.05, 0) is 36.8 Å². The third-order valence-electron chi connectivity index (χ3n) is 4.12. The Labute approximate surface area is 92.9 Å². The summed E-state index contributed by atoms with van der Waals surface area (Å²) in [6.07, 6.45) is 3.87. The van der Waals surface area contributed by atoms with Gasteiger partial charge in [-0.15, -0.1) is 0 Å². The average molecular weight is 203 g/mol. The molecular weight excluding hydrogens is 182 g/mol. The number of rotatable bonds is 3. The van der Waals surface area contributed by atoms with Gasteiger partial charge >= 0.3 is 0 Å². The van der Waals surface area contributed by atoms with Gasteiger partial charge in [0.1, 0.15) is 0 Å². The van der Waals surface area contributed by atoms with E-state index in [0.717, 1.165) is 0 Å². The minimum atomic E-state index is 0.487. The molecule has 0 bridgehead atoms. The number of hydrogen-bond donors (Lipinski definition) is 1. The van der Waals surface area contributed by atoms with Crippen molar-refractivity contribution in [2.75, 3.05) is 6.54 Å². The molecule has 15 heavy (non-hydrogen) atoms. The molecule has 0 amide bonds. The van der Waals surface area contributed by atoms with Crippen LogP contribution < -0.4 is 5.32 Å². The Morgan fingerprint density at radius 2 is 1.87 bits per heavy atom. The molecule has 1 heterocycles. The molecule has 1 aliphatic heterocycles. The summed E-state index contributed by atoms with van der Waals surface area (Å²) in [7, 11) is 0. The summed E-state index contributed by atoms with van der Waals surface area (Å²) in [6.45, 7) is 5.82. The zero-order valence-electron chi connectivity index (χ0n) is 9.79. The minimum Gasteiger partial charge on any atom is -0.309 e. The van der Waals surface area contributed by atoms with Crippen molar-refractivity contribution in [2.45, 2.75) is 39.2 Å². The van der Waals surface area contributed by atoms with Crippen molar-refractivity contribution in [3.8, 4) is 0 Å². The van der Waals surface area contributed by atoms with E-state index in [-0.39, 0.29) is 0 Å². The molecule has 1 saturated heterocycles. The van der Waals surface area contributed by atoms with Crippen molar-refractivity contribution in [1.29, 1.82) is 0 Å². The summed E-state index contributed by atoms with van der Waals surface area (Å²) in [5.74, 6) is 0. The largest absolute Gasteiger partial charge is 0.309 e. The van der Waals surface area contributed by atoms with Gasteiger partial charge in [0.2, 0.25) is 0 Å². The first-order chi connectivity index (χ1) is 7.32. The van der Waals surface area contributed by atoms with Crippen molar-refractivity contribution >= 4 is 0 Å². The first-order valence-corrected chi connectivity index (χ1v) is 6.11. The van der Waals surface area contributed by atoms with Crippen LogP contribution in [0.25, 0.3) is 0 Å². The molecule has 1 fully saturated rings. The van der Waals surface area contributed by atoms with Crippen molar-refractivity contribution in [2.24, 2.45) is 5.41 Å². The zero-order chi connectivity index (χ0) is 10.7. The van der Waals surface area contributed by atoms with Crippen LogP contribution in [0.2, 0.25) is 0 Å². The summed E-state index contributed by atoms with van der Waals surface area (Å²) in [5.41, 5.74) is 1.94. The van der Waals surface area contributed by atoms with Crippen LogP contribution in [0, 0.1) is 5.41 Å². The normalized spacial score (nSPS) is 24.3. The minimum absolute atomic E-state index is 0.487. The highest BCUT2D eigenvalue weighted by molar-refractivity contribution is 5.23. The maximum absolute atomic E-state index is 3.67. The molecule has 0 saturated carbocycles. The Hall–Kier alpha value is -0.820. The SMILES string of the molecule is CCC1(CC)CCNC1c1ccccc1. The van der Waals surface area contributed by atoms with Gasteiger partial charge in [-0.3, -0.25) is 0 Å². The lowest BCUT2D eigenvalue weighted by atomic mass is 9.73. The van der Waals surface area contributed by atoms with E-state index in [1.807, 2.05) is 0 Å². The molecule has 1 N–H and O–H groups in total. The van der Waals surface area contributed by atoms with E-state index in [1.165, 1.54) is 31.4 Å². The molecule has 0 aromatic heterocycles. The molecule has 1 aromatic carbocycles. The van der Waals surface area contributed by atoms with E-state index >= 15 is 0 Å². The van der Waals surface area contributed by atoms with E-state index in [1.54, 1.807) is 0 Å². The van der Waals surface area contributed by atoms with Crippen molar-refractivity contribution in [1.82, 2.24) is 5.32 Å². The Balaban J connectivity index is 2.29. The van der Waals surface area contributed by atoms with Gasteiger partial charge in [0.15, 0.2) is 0 Å². The van der Waals surface area contributed by atoms with E-state index in [0.29, 0.717) is 11.5 Å². The van der Waals surface area contributed by atoms with Gasteiger partial charge in [0.25, 0.3) is 0 Å². The van der Waals surface area contributed by atoms with Crippen LogP contribution in [0.1, 0.15) is 44.7 Å². The second kappa shape index (κ2) is 4.36. The summed E-state index contributed by atoms with van der Waals surface area (Å²) < 4.78 is 0. The Morgan fingerprint density at radius 1 is 1.20 bits per heavy atom. The number of benzene rings is 1. The van der Waals surface area contributed by atoms with Gasteiger partial charge in [-0.25, -0.2) is 0 Å². The summed E-state index contributed by atoms with van der Waals surface area (Å²) >= 11 is 0. The number of nitrogens with one attached hydrogen (secondary N) is 1. The fraction of sp³-hybridized carbons (Fsp3) is 0.571. The lowest BCUT2D eigenvalue weighted by Crippen LogP contribution is -2.27. The van der Waals surface area contributed by atoms with E-state index < -0.39 is 0 Å². The van der Waals surface area contributed by atoms with E-state index in [9.17, 15) is 0 Å². The van der Waals surface area contributed by atoms with Gasteiger partial charge in [-0.2, -0.15) is 0 Å². The fourth-order valence-corrected chi connectivity index (χ4v) is 2.95. The monoisotopic (exact) mass is 203 g/mol. The Kier molecular flexibility index (Phi) is 3.11. The van der Waals surface area contributed by atoms with Crippen molar-refractivity contribution < 1.29 is 0 Å². The third kappa shape index (κ3) is 1.81. The highest BCUT2D eigenvalue weighted by Gasteiger charge is 2.40. The van der Waals surface area contributed by atoms with Crippen LogP contribution in [-0.2, 0) is 0 Å². The molecule has 0 aliphatic carbocycles. The molecule has 0 spiro atoms. The van der Waals surface area contributed by atoms with Gasteiger partial charge in [0, 0.05) is 6.04 Å². The molecule has 1 heteroatoms. The fourth-order valence-electron chi connectivity index (χ4n) is 2.95. The van der Waals surface area contributed by atoms with Crippen LogP contribution in [0.5, 0.6) is 0 Å². The second-order valence-electron chi connectivity index (χ2n) is 4.62. The van der Waals surface area contributed by atoms with Crippen LogP contribution >= 0.6 is 0 Å². The quantitative estimate of drug-likeness (QED) is 0.792. The first-order valence-electron chi connectivity index (χ1n) is 6.11. The number of hydrogen-bond acceptors (Lipinski definition) is 1. The van der Waals surface area contributed by atoms with Crippen LogP contribution in [0.3, 0.4) is 0 Å². The smallest absolute Gasteiger partial charge is 0.0377 e. The van der Waals surface area contributed by atoms with Gasteiger partial charge in [-0.1, -0.05) is 44.2 Å². The van der Waals surface area contributed by atoms with E-state index in [2.05, 4.69) is 49.5 Å². The Morgan fingerprint density at radius 3 is 2.47 bits per heavy atom. The maximum atomic E-state index is 3.67. The molecule has 1 atom stereocenters. The summed E-state index contributed by atoms with van der Waals surface area (Å²) in [5, 5.41) is 3.67. The highest BCUT2D eigenvalue weighted by atomic mass is 15.0. The summed E-state index contributed by atoms with van der Waals surface area (Å²) in [6, 6.07) is 11.5. The lowest BCUT2D eigenvalue weighted by molar-refractivity contribution is 0.228. The molecule has 1 aliphatic rings. The molecule has 1 nitrogen and oxygen atoms in total. The van der Waals surface area contributed by atoms with Crippen LogP contribution in [-0.4, -0.2) is 6.54 Å². The highest BCUT2D eigenvalue weighted by Crippen LogP contribution is 2.46. The maximum Gasteiger partial charge on any atom is 0.0377 e. The lowest BCUT2D eigenvalue weighted by Gasteiger charge is -2.33. The predicted octanol–water partition coefficient (Wildman–Crippen LogP) is 3.53. The van der Waals surface area contributed by atoms with Crippen molar-refractivity contribution in [3.05, 3.63) is 35.9 Å². The molecule has 2 rings (SSSR count). The van der Waals surface area contributed by atoms with Crippen molar-refractivity contribution in [3.63, 3.8) is 0 Å². The molecule has 1 unspecified atom stereocenters. The first kappa shape index (κ1) is 10.7. The standard InChI is InChI=1S/C14H21N/c1-3-14(4-2)10-11-15-13(14)12-8-6-5-7-9-12/h5-9,13,15H,3-4,10-11H2,1-2H3. The van der Waals surface area contributed by atoms with E-state index in [4.69, 9.17) is 0 Å². The molecule has 82 valence electrons. The topological polar surface area (TPSA) is 12.0 Å². The van der Waals surface area contributed by atoms with Gasteiger partial charge < -0.3 is 5.32 Å². The molecule has 0 radical (unpaired) electrons. The average Bonchev–Trinajstić information content (AvgIpc) is 2.74. The van der Waals surface area contributed by atoms with Gasteiger partial charge in [0.05, 0.1) is 0 Å². The zero-order valence-corrected chi connectivity index (χ0v) is 9.79. The predicted molar refractivity (Wildman–Crippen MR) is 64.8 cm³/mol. The third-order valence-corrected chi connectivity index (χ3v) is 4.12. The molecule has 1 aromatic rings. The second-order valence-corrected chi connectivity index (χ2v) is 4.62. The van der Waals surface area contributed by atoms with Crippen LogP contribution in [0.15, 0.2) is 30.3 Å².